The third kappa shape index (κ3) is 10.1. The molecule has 0 saturated heterocycles. The van der Waals surface area contributed by atoms with Crippen LogP contribution in [-0.4, -0.2) is 9.13 Å². The van der Waals surface area contributed by atoms with Gasteiger partial charge in [-0.25, -0.2) is 0 Å². The molecule has 0 bridgehead atoms. The van der Waals surface area contributed by atoms with Gasteiger partial charge in [0.1, 0.15) is 22.3 Å². The van der Waals surface area contributed by atoms with E-state index in [1.54, 1.807) is 0 Å². The normalized spacial score (nSPS) is 11.8. The van der Waals surface area contributed by atoms with Crippen LogP contribution in [0.2, 0.25) is 0 Å². The number of benzene rings is 18. The van der Waals surface area contributed by atoms with Crippen LogP contribution in [0, 0.1) is 0 Å². The molecule has 0 aliphatic heterocycles. The number of anilines is 6. The standard InChI is InChI=1S/C104H66N4O2/c1-2-24-69-65-71(50-49-67(69)23-1)80-26-3-11-38-91(80)106(95-42-15-7-30-85(95)87-37-22-48-101-104(87)90-33-10-18-46-99(90)110-101)75-60-62-77(63-61-75)108-96-43-16-8-31-88(96)102-81(35-20-44-97(102)108)72-53-64-79-70(66-72)25-19-34-78(79)68-51-54-73(55-52-68)105(74-56-58-76(59-57-74)107-93-40-13-4-27-82(93)83-28-5-14-41-94(83)107)92-39-12-6-29-84(92)86-36-21-47-100-103(86)89-32-9-17-45-98(89)109-100/h1-66H. The van der Waals surface area contributed by atoms with Gasteiger partial charge in [0.15, 0.2) is 0 Å². The summed E-state index contributed by atoms with van der Waals surface area (Å²) in [6.07, 6.45) is 0. The molecule has 4 heterocycles. The molecule has 0 radical (unpaired) electrons. The number of hydrogen-bond acceptors (Lipinski definition) is 4. The van der Waals surface area contributed by atoms with Gasteiger partial charge in [0.05, 0.1) is 39.1 Å². The Kier molecular flexibility index (Phi) is 14.5. The first-order valence-electron chi connectivity index (χ1n) is 37.6. The second kappa shape index (κ2) is 25.5. The topological polar surface area (TPSA) is 42.6 Å². The molecule has 22 rings (SSSR count). The maximum atomic E-state index is 6.53. The predicted octanol–water partition coefficient (Wildman–Crippen LogP) is 29.3. The summed E-state index contributed by atoms with van der Waals surface area (Å²) >= 11 is 0. The molecule has 22 aromatic rings. The molecule has 110 heavy (non-hydrogen) atoms. The van der Waals surface area contributed by atoms with Gasteiger partial charge in [-0.05, 0) is 200 Å². The van der Waals surface area contributed by atoms with E-state index in [2.05, 4.69) is 407 Å². The fourth-order valence-electron chi connectivity index (χ4n) is 17.6. The van der Waals surface area contributed by atoms with Crippen molar-refractivity contribution < 1.29 is 8.83 Å². The third-order valence-corrected chi connectivity index (χ3v) is 22.5. The summed E-state index contributed by atoms with van der Waals surface area (Å²) in [4.78, 5) is 4.86. The lowest BCUT2D eigenvalue weighted by Gasteiger charge is -2.30. The summed E-state index contributed by atoms with van der Waals surface area (Å²) < 4.78 is 17.9. The van der Waals surface area contributed by atoms with Crippen LogP contribution < -0.4 is 9.80 Å². The number of furan rings is 2. The molecule has 18 aromatic carbocycles. The number of aromatic nitrogens is 2. The first-order valence-corrected chi connectivity index (χ1v) is 37.6. The van der Waals surface area contributed by atoms with E-state index >= 15 is 0 Å². The lowest BCUT2D eigenvalue weighted by Crippen LogP contribution is -2.12. The highest BCUT2D eigenvalue weighted by Crippen LogP contribution is 2.51. The lowest BCUT2D eigenvalue weighted by molar-refractivity contribution is 0.668. The van der Waals surface area contributed by atoms with Crippen molar-refractivity contribution in [3.63, 3.8) is 0 Å². The van der Waals surface area contributed by atoms with Gasteiger partial charge in [-0.1, -0.05) is 261 Å². The highest BCUT2D eigenvalue weighted by molar-refractivity contribution is 6.19. The summed E-state index contributed by atoms with van der Waals surface area (Å²) in [7, 11) is 0. The zero-order valence-corrected chi connectivity index (χ0v) is 59.7. The van der Waals surface area contributed by atoms with Crippen molar-refractivity contribution in [1.29, 1.82) is 0 Å². The predicted molar refractivity (Wildman–Crippen MR) is 461 cm³/mol. The van der Waals surface area contributed by atoms with Gasteiger partial charge in [0, 0.05) is 88.2 Å². The minimum atomic E-state index is 0.862. The van der Waals surface area contributed by atoms with E-state index < -0.39 is 0 Å². The first kappa shape index (κ1) is 62.6. The fourth-order valence-corrected chi connectivity index (χ4v) is 17.6. The van der Waals surface area contributed by atoms with E-state index in [0.29, 0.717) is 0 Å². The Morgan fingerprint density at radius 1 is 0.191 bits per heavy atom. The summed E-state index contributed by atoms with van der Waals surface area (Å²) in [6, 6.07) is 146. The van der Waals surface area contributed by atoms with E-state index in [4.69, 9.17) is 8.83 Å². The van der Waals surface area contributed by atoms with Crippen molar-refractivity contribution in [3.8, 4) is 67.0 Å². The van der Waals surface area contributed by atoms with Crippen LogP contribution in [0.5, 0.6) is 0 Å². The Labute approximate surface area is 634 Å². The van der Waals surface area contributed by atoms with Crippen LogP contribution in [-0.2, 0) is 0 Å². The van der Waals surface area contributed by atoms with Crippen molar-refractivity contribution >= 4 is 143 Å². The van der Waals surface area contributed by atoms with Crippen LogP contribution >= 0.6 is 0 Å². The number of nitrogens with zero attached hydrogens (tertiary/aromatic N) is 4. The van der Waals surface area contributed by atoms with Gasteiger partial charge < -0.3 is 27.8 Å². The van der Waals surface area contributed by atoms with Gasteiger partial charge in [-0.15, -0.1) is 0 Å². The maximum absolute atomic E-state index is 6.53. The maximum Gasteiger partial charge on any atom is 0.136 e. The minimum Gasteiger partial charge on any atom is -0.456 e. The van der Waals surface area contributed by atoms with Gasteiger partial charge in [-0.2, -0.15) is 0 Å². The Hall–Kier alpha value is -14.7. The molecule has 514 valence electrons. The number of para-hydroxylation sites is 8. The van der Waals surface area contributed by atoms with Crippen molar-refractivity contribution in [2.45, 2.75) is 0 Å². The van der Waals surface area contributed by atoms with Crippen molar-refractivity contribution in [2.75, 3.05) is 9.80 Å². The molecule has 6 heteroatoms. The molecule has 0 aliphatic rings. The Morgan fingerprint density at radius 3 is 1.18 bits per heavy atom. The largest absolute Gasteiger partial charge is 0.456 e. The van der Waals surface area contributed by atoms with Gasteiger partial charge in [0.25, 0.3) is 0 Å². The summed E-state index contributed by atoms with van der Waals surface area (Å²) in [5, 5.41) is 14.0. The molecule has 0 saturated carbocycles. The number of rotatable bonds is 13. The first-order chi connectivity index (χ1) is 54.6. The summed E-state index contributed by atoms with van der Waals surface area (Å²) in [6.45, 7) is 0. The Morgan fingerprint density at radius 2 is 0.564 bits per heavy atom. The van der Waals surface area contributed by atoms with Crippen LogP contribution in [0.3, 0.4) is 0 Å². The quantitative estimate of drug-likeness (QED) is 0.115. The van der Waals surface area contributed by atoms with Crippen molar-refractivity contribution in [3.05, 3.63) is 400 Å². The molecular weight excluding hydrogens is 1340 g/mol. The average molecular weight is 1400 g/mol. The lowest BCUT2D eigenvalue weighted by atomic mass is 9.93. The van der Waals surface area contributed by atoms with E-state index in [-0.39, 0.29) is 0 Å². The highest BCUT2D eigenvalue weighted by atomic mass is 16.3. The average Bonchev–Trinajstić information content (AvgIpc) is 1.57. The molecule has 0 atom stereocenters. The SMILES string of the molecule is c1ccc(N(c2ccc(-c3cccc4cc(-c5cccc6c5c5ccccc5n6-c5ccc(N(c6ccccc6-c6ccc7ccccc7c6)c6ccccc6-c6cccc7oc8ccccc8c67)cc5)ccc34)cc2)c2ccc(-n3c4ccccc4c4ccccc43)cc2)c(-c2cccc3oc4ccccc4c23)c1. The van der Waals surface area contributed by atoms with Crippen LogP contribution in [0.4, 0.5) is 34.1 Å². The Balaban J connectivity index is 0.633. The number of fused-ring (bicyclic) bond motifs is 14. The van der Waals surface area contributed by atoms with Crippen LogP contribution in [0.1, 0.15) is 0 Å². The molecule has 4 aromatic heterocycles. The second-order valence-corrected chi connectivity index (χ2v) is 28.6. The van der Waals surface area contributed by atoms with E-state index in [1.165, 1.54) is 65.3 Å². The molecule has 0 spiro atoms. The summed E-state index contributed by atoms with van der Waals surface area (Å²) in [5.41, 5.74) is 27.9. The molecular formula is C104H66N4O2. The number of hydrogen-bond donors (Lipinski definition) is 0. The Bertz CT molecular complexity index is 7370. The zero-order valence-electron chi connectivity index (χ0n) is 59.7. The fraction of sp³-hybridized carbons (Fsp3) is 0. The molecule has 0 amide bonds. The van der Waals surface area contributed by atoms with Crippen LogP contribution in [0.15, 0.2) is 409 Å². The van der Waals surface area contributed by atoms with Gasteiger partial charge in [-0.3, -0.25) is 0 Å². The minimum absolute atomic E-state index is 0.862. The molecule has 0 N–H and O–H groups in total. The monoisotopic (exact) mass is 1400 g/mol. The molecule has 6 nitrogen and oxygen atoms in total. The smallest absolute Gasteiger partial charge is 0.136 e. The summed E-state index contributed by atoms with van der Waals surface area (Å²) in [5.74, 6) is 0. The van der Waals surface area contributed by atoms with E-state index in [1.807, 2.05) is 12.1 Å². The van der Waals surface area contributed by atoms with E-state index in [9.17, 15) is 0 Å². The molecule has 0 fully saturated rings. The van der Waals surface area contributed by atoms with Crippen molar-refractivity contribution in [1.82, 2.24) is 9.13 Å². The molecule has 0 aliphatic carbocycles. The van der Waals surface area contributed by atoms with Crippen molar-refractivity contribution in [2.24, 2.45) is 0 Å². The van der Waals surface area contributed by atoms with Crippen LogP contribution in [0.25, 0.3) is 176 Å². The zero-order chi connectivity index (χ0) is 72.3. The van der Waals surface area contributed by atoms with Gasteiger partial charge in [0.2, 0.25) is 0 Å². The highest BCUT2D eigenvalue weighted by Gasteiger charge is 2.26. The third-order valence-electron chi connectivity index (χ3n) is 22.5. The molecule has 0 unspecified atom stereocenters. The second-order valence-electron chi connectivity index (χ2n) is 28.6. The van der Waals surface area contributed by atoms with Gasteiger partial charge >= 0.3 is 0 Å². The van der Waals surface area contributed by atoms with E-state index in [0.717, 1.165) is 145 Å².